The fourth-order valence-electron chi connectivity index (χ4n) is 2.43. The van der Waals surface area contributed by atoms with Gasteiger partial charge in [0.05, 0.1) is 0 Å². The number of hydrogen-bond acceptors (Lipinski definition) is 1. The van der Waals surface area contributed by atoms with Crippen LogP contribution in [0.15, 0.2) is 29.3 Å². The number of guanidine groups is 1. The van der Waals surface area contributed by atoms with Crippen molar-refractivity contribution in [2.45, 2.75) is 33.2 Å². The number of fused-ring (bicyclic) bond motifs is 1. The summed E-state index contributed by atoms with van der Waals surface area (Å²) in [5.41, 5.74) is 3.84. The Morgan fingerprint density at radius 1 is 1.29 bits per heavy atom. The van der Waals surface area contributed by atoms with E-state index in [1.165, 1.54) is 22.2 Å². The minimum Gasteiger partial charge on any atom is -0.358 e. The number of aliphatic imine (C=N–C) groups is 1. The van der Waals surface area contributed by atoms with Crippen LogP contribution in [0.2, 0.25) is 0 Å². The maximum Gasteiger partial charge on any atom is 0.191 e. The summed E-state index contributed by atoms with van der Waals surface area (Å²) < 4.78 is 0. The second kappa shape index (κ2) is 8.26. The number of hydrogen-bond donors (Lipinski definition) is 3. The van der Waals surface area contributed by atoms with Gasteiger partial charge in [0, 0.05) is 36.2 Å². The van der Waals surface area contributed by atoms with Gasteiger partial charge in [-0.2, -0.15) is 0 Å². The molecule has 0 unspecified atom stereocenters. The van der Waals surface area contributed by atoms with Gasteiger partial charge in [-0.1, -0.05) is 18.2 Å². The Morgan fingerprint density at radius 2 is 2.00 bits per heavy atom. The number of aromatic amines is 1. The molecular weight excluding hydrogens is 375 g/mol. The van der Waals surface area contributed by atoms with Crippen molar-refractivity contribution in [3.05, 3.63) is 35.5 Å². The van der Waals surface area contributed by atoms with Crippen LogP contribution in [-0.4, -0.2) is 30.6 Å². The lowest BCUT2D eigenvalue weighted by molar-refractivity contribution is 0.698. The predicted octanol–water partition coefficient (Wildman–Crippen LogP) is 3.21. The fourth-order valence-corrected chi connectivity index (χ4v) is 2.43. The summed E-state index contributed by atoms with van der Waals surface area (Å²) in [7, 11) is 1.80. The van der Waals surface area contributed by atoms with E-state index in [0.717, 1.165) is 18.9 Å². The monoisotopic (exact) mass is 400 g/mol. The van der Waals surface area contributed by atoms with Crippen molar-refractivity contribution in [2.75, 3.05) is 13.6 Å². The summed E-state index contributed by atoms with van der Waals surface area (Å²) in [4.78, 5) is 7.66. The molecule has 1 aromatic heterocycles. The van der Waals surface area contributed by atoms with Gasteiger partial charge in [0.1, 0.15) is 0 Å². The summed E-state index contributed by atoms with van der Waals surface area (Å²) in [5, 5.41) is 7.97. The average molecular weight is 400 g/mol. The lowest BCUT2D eigenvalue weighted by Crippen LogP contribution is -2.41. The molecule has 0 fully saturated rings. The molecule has 3 N–H and O–H groups in total. The van der Waals surface area contributed by atoms with Crippen LogP contribution >= 0.6 is 24.0 Å². The van der Waals surface area contributed by atoms with E-state index < -0.39 is 0 Å². The first-order valence-corrected chi connectivity index (χ1v) is 7.15. The molecule has 5 heteroatoms. The molecule has 2 aromatic rings. The van der Waals surface area contributed by atoms with E-state index in [0.29, 0.717) is 6.04 Å². The van der Waals surface area contributed by atoms with Gasteiger partial charge < -0.3 is 15.6 Å². The van der Waals surface area contributed by atoms with Crippen molar-refractivity contribution in [1.82, 2.24) is 15.6 Å². The zero-order chi connectivity index (χ0) is 14.5. The van der Waals surface area contributed by atoms with Crippen LogP contribution in [0, 0.1) is 6.92 Å². The average Bonchev–Trinajstić information content (AvgIpc) is 2.73. The number of rotatable bonds is 4. The second-order valence-electron chi connectivity index (χ2n) is 5.32. The van der Waals surface area contributed by atoms with Gasteiger partial charge in [-0.05, 0) is 38.8 Å². The van der Waals surface area contributed by atoms with Crippen LogP contribution in [-0.2, 0) is 6.42 Å². The van der Waals surface area contributed by atoms with E-state index in [2.05, 4.69) is 65.6 Å². The second-order valence-corrected chi connectivity index (χ2v) is 5.32. The van der Waals surface area contributed by atoms with E-state index in [1.807, 2.05) is 0 Å². The highest BCUT2D eigenvalue weighted by Crippen LogP contribution is 2.21. The minimum absolute atomic E-state index is 0. The van der Waals surface area contributed by atoms with Gasteiger partial charge in [0.15, 0.2) is 5.96 Å². The first-order valence-electron chi connectivity index (χ1n) is 7.15. The Hall–Kier alpha value is -1.24. The van der Waals surface area contributed by atoms with Crippen molar-refractivity contribution >= 4 is 40.8 Å². The van der Waals surface area contributed by atoms with Gasteiger partial charge in [-0.15, -0.1) is 24.0 Å². The van der Waals surface area contributed by atoms with Crippen LogP contribution in [0.4, 0.5) is 0 Å². The molecular formula is C16H25IN4. The maximum absolute atomic E-state index is 4.22. The summed E-state index contributed by atoms with van der Waals surface area (Å²) in [5.74, 6) is 0.859. The quantitative estimate of drug-likeness (QED) is 0.420. The summed E-state index contributed by atoms with van der Waals surface area (Å²) in [6.45, 7) is 7.22. The Balaban J connectivity index is 0.00000220. The van der Waals surface area contributed by atoms with Crippen LogP contribution < -0.4 is 10.6 Å². The zero-order valence-corrected chi connectivity index (χ0v) is 15.5. The number of halogens is 1. The first kappa shape index (κ1) is 17.8. The highest BCUT2D eigenvalue weighted by atomic mass is 127. The molecule has 21 heavy (non-hydrogen) atoms. The number of para-hydroxylation sites is 1. The van der Waals surface area contributed by atoms with Crippen molar-refractivity contribution in [2.24, 2.45) is 4.99 Å². The maximum atomic E-state index is 4.22. The lowest BCUT2D eigenvalue weighted by Gasteiger charge is -2.14. The highest BCUT2D eigenvalue weighted by molar-refractivity contribution is 14.0. The van der Waals surface area contributed by atoms with Crippen molar-refractivity contribution < 1.29 is 0 Å². The normalized spacial score (nSPS) is 11.6. The van der Waals surface area contributed by atoms with Gasteiger partial charge >= 0.3 is 0 Å². The largest absolute Gasteiger partial charge is 0.358 e. The Bertz CT molecular complexity index is 601. The minimum atomic E-state index is 0. The molecule has 0 saturated heterocycles. The van der Waals surface area contributed by atoms with Gasteiger partial charge in [0.25, 0.3) is 0 Å². The third-order valence-corrected chi connectivity index (χ3v) is 3.34. The van der Waals surface area contributed by atoms with E-state index in [4.69, 9.17) is 0 Å². The van der Waals surface area contributed by atoms with Crippen molar-refractivity contribution in [3.8, 4) is 0 Å². The summed E-state index contributed by atoms with van der Waals surface area (Å²) in [6, 6.07) is 8.84. The van der Waals surface area contributed by atoms with Crippen molar-refractivity contribution in [1.29, 1.82) is 0 Å². The number of H-pyrrole nitrogens is 1. The molecule has 2 rings (SSSR count). The SMILES string of the molecule is CN=C(NCCc1c(C)[nH]c2ccccc12)NC(C)C.I. The van der Waals surface area contributed by atoms with Crippen LogP contribution in [0.5, 0.6) is 0 Å². The Morgan fingerprint density at radius 3 is 2.67 bits per heavy atom. The van der Waals surface area contributed by atoms with E-state index in [-0.39, 0.29) is 24.0 Å². The Kier molecular flexibility index (Phi) is 7.01. The molecule has 0 spiro atoms. The highest BCUT2D eigenvalue weighted by Gasteiger charge is 2.07. The molecule has 1 aromatic carbocycles. The molecule has 0 aliphatic heterocycles. The lowest BCUT2D eigenvalue weighted by atomic mass is 10.1. The van der Waals surface area contributed by atoms with E-state index >= 15 is 0 Å². The van der Waals surface area contributed by atoms with Crippen LogP contribution in [0.3, 0.4) is 0 Å². The molecule has 0 atom stereocenters. The zero-order valence-electron chi connectivity index (χ0n) is 13.2. The smallest absolute Gasteiger partial charge is 0.191 e. The number of benzene rings is 1. The summed E-state index contributed by atoms with van der Waals surface area (Å²) in [6.07, 6.45) is 0.981. The fraction of sp³-hybridized carbons (Fsp3) is 0.438. The van der Waals surface area contributed by atoms with E-state index in [1.54, 1.807) is 7.05 Å². The van der Waals surface area contributed by atoms with Gasteiger partial charge in [-0.3, -0.25) is 4.99 Å². The Labute approximate surface area is 143 Å². The van der Waals surface area contributed by atoms with Crippen LogP contribution in [0.25, 0.3) is 10.9 Å². The molecule has 0 radical (unpaired) electrons. The molecule has 116 valence electrons. The predicted molar refractivity (Wildman–Crippen MR) is 102 cm³/mol. The van der Waals surface area contributed by atoms with Gasteiger partial charge in [-0.25, -0.2) is 0 Å². The van der Waals surface area contributed by atoms with E-state index in [9.17, 15) is 0 Å². The number of nitrogens with one attached hydrogen (secondary N) is 3. The van der Waals surface area contributed by atoms with Crippen molar-refractivity contribution in [3.63, 3.8) is 0 Å². The molecule has 0 bridgehead atoms. The summed E-state index contributed by atoms with van der Waals surface area (Å²) >= 11 is 0. The molecule has 4 nitrogen and oxygen atoms in total. The number of aryl methyl sites for hydroxylation is 1. The first-order chi connectivity index (χ1) is 9.61. The number of aromatic nitrogens is 1. The molecule has 0 amide bonds. The molecule has 0 aliphatic rings. The molecule has 0 aliphatic carbocycles. The standard InChI is InChI=1S/C16H24N4.HI/c1-11(2)19-16(17-4)18-10-9-13-12(3)20-15-8-6-5-7-14(13)15;/h5-8,11,20H,9-10H2,1-4H3,(H2,17,18,19);1H. The van der Waals surface area contributed by atoms with Crippen LogP contribution in [0.1, 0.15) is 25.1 Å². The number of nitrogens with zero attached hydrogens (tertiary/aromatic N) is 1. The third kappa shape index (κ3) is 4.62. The van der Waals surface area contributed by atoms with Gasteiger partial charge in [0.2, 0.25) is 0 Å². The topological polar surface area (TPSA) is 52.2 Å². The molecule has 0 saturated carbocycles. The third-order valence-electron chi connectivity index (χ3n) is 3.34. The molecule has 1 heterocycles.